The van der Waals surface area contributed by atoms with Gasteiger partial charge in [0.25, 0.3) is 0 Å². The molecule has 1 unspecified atom stereocenters. The molecule has 0 saturated carbocycles. The van der Waals surface area contributed by atoms with Crippen molar-refractivity contribution in [2.45, 2.75) is 26.2 Å². The predicted octanol–water partition coefficient (Wildman–Crippen LogP) is 6.37. The number of aryl methyl sites for hydroxylation is 1. The molecule has 0 saturated heterocycles. The fraction of sp³-hybridized carbons (Fsp3) is 0.200. The van der Waals surface area contributed by atoms with Crippen LogP contribution in [0.5, 0.6) is 0 Å². The van der Waals surface area contributed by atoms with Crippen molar-refractivity contribution in [3.8, 4) is 11.1 Å². The van der Waals surface area contributed by atoms with Crippen LogP contribution >= 0.6 is 0 Å². The van der Waals surface area contributed by atoms with E-state index in [-0.39, 0.29) is 0 Å². The third-order valence-corrected chi connectivity index (χ3v) is 5.91. The summed E-state index contributed by atoms with van der Waals surface area (Å²) in [5.74, 6) is 0.773. The maximum atomic E-state index is 6.57. The molecule has 1 aliphatic carbocycles. The SMILES string of the molecule is CC1CCc2c(ccc3c2c(N)cc2cc(-c4ccccc4)ccc23)C1. The van der Waals surface area contributed by atoms with E-state index in [9.17, 15) is 0 Å². The molecule has 26 heavy (non-hydrogen) atoms. The summed E-state index contributed by atoms with van der Waals surface area (Å²) >= 11 is 0. The molecule has 0 fully saturated rings. The molecule has 0 bridgehead atoms. The molecule has 4 aromatic carbocycles. The van der Waals surface area contributed by atoms with Crippen molar-refractivity contribution < 1.29 is 0 Å². The van der Waals surface area contributed by atoms with Gasteiger partial charge in [-0.3, -0.25) is 0 Å². The number of nitrogen functional groups attached to an aromatic ring is 1. The third kappa shape index (κ3) is 2.39. The molecule has 1 aliphatic rings. The van der Waals surface area contributed by atoms with Gasteiger partial charge in [-0.2, -0.15) is 0 Å². The van der Waals surface area contributed by atoms with Crippen molar-refractivity contribution in [1.29, 1.82) is 0 Å². The molecule has 5 rings (SSSR count). The van der Waals surface area contributed by atoms with E-state index >= 15 is 0 Å². The second kappa shape index (κ2) is 5.88. The molecule has 128 valence electrons. The second-order valence-electron chi connectivity index (χ2n) is 7.74. The van der Waals surface area contributed by atoms with Gasteiger partial charge in [-0.1, -0.05) is 61.5 Å². The summed E-state index contributed by atoms with van der Waals surface area (Å²) in [6, 6.07) is 24.1. The predicted molar refractivity (Wildman–Crippen MR) is 112 cm³/mol. The molecular weight excluding hydrogens is 314 g/mol. The summed E-state index contributed by atoms with van der Waals surface area (Å²) in [5.41, 5.74) is 12.9. The van der Waals surface area contributed by atoms with Crippen LogP contribution in [-0.4, -0.2) is 0 Å². The minimum Gasteiger partial charge on any atom is -0.398 e. The first-order chi connectivity index (χ1) is 12.7. The van der Waals surface area contributed by atoms with Crippen molar-refractivity contribution in [3.05, 3.63) is 77.9 Å². The van der Waals surface area contributed by atoms with Gasteiger partial charge in [-0.25, -0.2) is 0 Å². The lowest BCUT2D eigenvalue weighted by Gasteiger charge is -2.24. The number of hydrogen-bond donors (Lipinski definition) is 1. The molecule has 0 heterocycles. The molecule has 2 N–H and O–H groups in total. The summed E-state index contributed by atoms with van der Waals surface area (Å²) in [6.07, 6.45) is 3.58. The van der Waals surface area contributed by atoms with Gasteiger partial charge >= 0.3 is 0 Å². The highest BCUT2D eigenvalue weighted by Crippen LogP contribution is 2.39. The van der Waals surface area contributed by atoms with E-state index in [0.29, 0.717) is 0 Å². The number of hydrogen-bond acceptors (Lipinski definition) is 1. The number of anilines is 1. The van der Waals surface area contributed by atoms with E-state index in [4.69, 9.17) is 5.73 Å². The Balaban J connectivity index is 1.76. The molecule has 0 radical (unpaired) electrons. The van der Waals surface area contributed by atoms with Crippen LogP contribution in [0.3, 0.4) is 0 Å². The molecule has 0 spiro atoms. The van der Waals surface area contributed by atoms with Crippen LogP contribution in [0.25, 0.3) is 32.7 Å². The maximum absolute atomic E-state index is 6.57. The van der Waals surface area contributed by atoms with E-state index in [2.05, 4.69) is 73.7 Å². The van der Waals surface area contributed by atoms with E-state index < -0.39 is 0 Å². The minimum atomic E-state index is 0.773. The molecule has 1 heteroatoms. The highest BCUT2D eigenvalue weighted by Gasteiger charge is 2.19. The zero-order chi connectivity index (χ0) is 17.7. The number of benzene rings is 4. The van der Waals surface area contributed by atoms with Crippen LogP contribution in [-0.2, 0) is 12.8 Å². The van der Waals surface area contributed by atoms with Gasteiger partial charge in [0.2, 0.25) is 0 Å². The Labute approximate surface area is 154 Å². The van der Waals surface area contributed by atoms with Gasteiger partial charge in [-0.15, -0.1) is 0 Å². The molecule has 0 aromatic heterocycles. The zero-order valence-electron chi connectivity index (χ0n) is 15.1. The number of rotatable bonds is 1. The van der Waals surface area contributed by atoms with Crippen LogP contribution in [0, 0.1) is 5.92 Å². The van der Waals surface area contributed by atoms with Crippen LogP contribution in [0.15, 0.2) is 66.7 Å². The summed E-state index contributed by atoms with van der Waals surface area (Å²) in [5, 5.41) is 5.11. The Hall–Kier alpha value is -2.80. The molecular formula is C25H23N. The van der Waals surface area contributed by atoms with E-state index in [1.807, 2.05) is 0 Å². The summed E-state index contributed by atoms with van der Waals surface area (Å²) < 4.78 is 0. The van der Waals surface area contributed by atoms with E-state index in [1.54, 1.807) is 0 Å². The monoisotopic (exact) mass is 337 g/mol. The van der Waals surface area contributed by atoms with Gasteiger partial charge in [-0.05, 0) is 75.7 Å². The first kappa shape index (κ1) is 15.5. The smallest absolute Gasteiger partial charge is 0.0403 e. The summed E-state index contributed by atoms with van der Waals surface area (Å²) in [6.45, 7) is 2.35. The van der Waals surface area contributed by atoms with Crippen LogP contribution in [0.2, 0.25) is 0 Å². The summed E-state index contributed by atoms with van der Waals surface area (Å²) in [4.78, 5) is 0. The van der Waals surface area contributed by atoms with Gasteiger partial charge in [0.15, 0.2) is 0 Å². The fourth-order valence-electron chi connectivity index (χ4n) is 4.57. The van der Waals surface area contributed by atoms with Crippen LogP contribution in [0.1, 0.15) is 24.5 Å². The van der Waals surface area contributed by atoms with E-state index in [0.717, 1.165) is 18.0 Å². The minimum absolute atomic E-state index is 0.773. The normalized spacial score (nSPS) is 16.7. The van der Waals surface area contributed by atoms with Gasteiger partial charge in [0.1, 0.15) is 0 Å². The van der Waals surface area contributed by atoms with Gasteiger partial charge in [0, 0.05) is 11.1 Å². The Bertz CT molecular complexity index is 1130. The maximum Gasteiger partial charge on any atom is 0.0403 e. The molecule has 1 nitrogen and oxygen atoms in total. The van der Waals surface area contributed by atoms with Crippen molar-refractivity contribution in [2.24, 2.45) is 5.92 Å². The lowest BCUT2D eigenvalue weighted by Crippen LogP contribution is -2.12. The topological polar surface area (TPSA) is 26.0 Å². The Morgan fingerprint density at radius 1 is 0.846 bits per heavy atom. The second-order valence-corrected chi connectivity index (χ2v) is 7.74. The van der Waals surface area contributed by atoms with E-state index in [1.165, 1.54) is 56.6 Å². The Morgan fingerprint density at radius 3 is 2.50 bits per heavy atom. The lowest BCUT2D eigenvalue weighted by molar-refractivity contribution is 0.503. The zero-order valence-corrected chi connectivity index (χ0v) is 15.1. The van der Waals surface area contributed by atoms with Crippen molar-refractivity contribution in [3.63, 3.8) is 0 Å². The Morgan fingerprint density at radius 2 is 1.65 bits per heavy atom. The lowest BCUT2D eigenvalue weighted by atomic mass is 9.81. The quantitative estimate of drug-likeness (QED) is 0.317. The van der Waals surface area contributed by atoms with Crippen LogP contribution in [0.4, 0.5) is 5.69 Å². The standard InChI is InChI=1S/C25H23N/c1-16-7-10-22-19(13-16)9-12-23-21-11-8-18(17-5-3-2-4-6-17)14-20(21)15-24(26)25(22)23/h2-6,8-9,11-12,14-16H,7,10,13,26H2,1H3. The molecule has 4 aromatic rings. The van der Waals surface area contributed by atoms with Crippen LogP contribution < -0.4 is 5.73 Å². The average Bonchev–Trinajstić information content (AvgIpc) is 2.67. The van der Waals surface area contributed by atoms with Crippen molar-refractivity contribution in [1.82, 2.24) is 0 Å². The average molecular weight is 337 g/mol. The highest BCUT2D eigenvalue weighted by molar-refractivity contribution is 6.14. The van der Waals surface area contributed by atoms with Gasteiger partial charge in [0.05, 0.1) is 0 Å². The number of fused-ring (bicyclic) bond motifs is 5. The number of nitrogens with two attached hydrogens (primary N) is 1. The largest absolute Gasteiger partial charge is 0.398 e. The van der Waals surface area contributed by atoms with Gasteiger partial charge < -0.3 is 5.73 Å². The first-order valence-electron chi connectivity index (χ1n) is 9.53. The summed E-state index contributed by atoms with van der Waals surface area (Å²) in [7, 11) is 0. The molecule has 1 atom stereocenters. The third-order valence-electron chi connectivity index (χ3n) is 5.91. The fourth-order valence-corrected chi connectivity index (χ4v) is 4.57. The molecule has 0 aliphatic heterocycles. The van der Waals surface area contributed by atoms with Crippen molar-refractivity contribution >= 4 is 27.2 Å². The highest BCUT2D eigenvalue weighted by atomic mass is 14.6. The Kier molecular flexibility index (Phi) is 3.49. The van der Waals surface area contributed by atoms with Crippen molar-refractivity contribution in [2.75, 3.05) is 5.73 Å². The molecule has 0 amide bonds. The first-order valence-corrected chi connectivity index (χ1v) is 9.53.